The van der Waals surface area contributed by atoms with Gasteiger partial charge in [0.2, 0.25) is 5.95 Å². The van der Waals surface area contributed by atoms with Gasteiger partial charge in [0.05, 0.1) is 5.52 Å². The highest BCUT2D eigenvalue weighted by molar-refractivity contribution is 6.31. The summed E-state index contributed by atoms with van der Waals surface area (Å²) >= 11 is 6.09. The summed E-state index contributed by atoms with van der Waals surface area (Å²) in [5.41, 5.74) is 1.62. The van der Waals surface area contributed by atoms with Crippen LogP contribution in [0.5, 0.6) is 0 Å². The van der Waals surface area contributed by atoms with Crippen molar-refractivity contribution < 1.29 is 0 Å². The maximum atomic E-state index is 6.09. The molecule has 0 aliphatic rings. The normalized spacial score (nSPS) is 11.7. The second-order valence-corrected chi connectivity index (χ2v) is 5.94. The molecule has 0 atom stereocenters. The molecule has 0 aliphatic heterocycles. The van der Waals surface area contributed by atoms with E-state index >= 15 is 0 Å². The molecule has 0 fully saturated rings. The van der Waals surface area contributed by atoms with Gasteiger partial charge in [-0.2, -0.15) is 0 Å². The van der Waals surface area contributed by atoms with E-state index in [4.69, 9.17) is 16.6 Å². The Morgan fingerprint density at radius 1 is 1.23 bits per heavy atom. The number of aromatic nitrogens is 4. The van der Waals surface area contributed by atoms with Crippen LogP contribution >= 0.6 is 11.6 Å². The summed E-state index contributed by atoms with van der Waals surface area (Å²) < 4.78 is 2.00. The van der Waals surface area contributed by atoms with E-state index in [9.17, 15) is 0 Å². The summed E-state index contributed by atoms with van der Waals surface area (Å²) in [6.45, 7) is 5.80. The quantitative estimate of drug-likeness (QED) is 0.708. The zero-order valence-electron chi connectivity index (χ0n) is 12.9. The van der Waals surface area contributed by atoms with Crippen molar-refractivity contribution in [2.75, 3.05) is 25.5 Å². The Morgan fingerprint density at radius 3 is 2.77 bits per heavy atom. The molecule has 6 nitrogen and oxygen atoms in total. The van der Waals surface area contributed by atoms with E-state index in [0.717, 1.165) is 41.4 Å². The molecule has 0 radical (unpaired) electrons. The Hall–Kier alpha value is -1.92. The summed E-state index contributed by atoms with van der Waals surface area (Å²) in [5.74, 6) is 1.89. The number of halogens is 1. The van der Waals surface area contributed by atoms with Gasteiger partial charge in [-0.05, 0) is 25.2 Å². The summed E-state index contributed by atoms with van der Waals surface area (Å²) in [4.78, 5) is 4.71. The van der Waals surface area contributed by atoms with Gasteiger partial charge in [-0.25, -0.2) is 9.38 Å². The van der Waals surface area contributed by atoms with Crippen LogP contribution < -0.4 is 10.6 Å². The lowest BCUT2D eigenvalue weighted by Gasteiger charge is -2.12. The van der Waals surface area contributed by atoms with Gasteiger partial charge in [0.1, 0.15) is 5.82 Å². The van der Waals surface area contributed by atoms with E-state index in [1.807, 2.05) is 29.6 Å². The third-order valence-corrected chi connectivity index (χ3v) is 3.74. The minimum atomic E-state index is 0.256. The molecule has 0 amide bonds. The van der Waals surface area contributed by atoms with Gasteiger partial charge in [0, 0.05) is 29.4 Å². The molecule has 1 aromatic carbocycles. The molecule has 0 saturated carbocycles. The standard InChI is InChI=1S/C15H19ClN6/c1-9(2)13-20-21-14-11-5-4-10(16)8-12(11)19-15(22(13)14)18-7-6-17-3/h4-5,8-9,17H,6-7H2,1-3H3,(H,18,19). The lowest BCUT2D eigenvalue weighted by atomic mass is 10.2. The van der Waals surface area contributed by atoms with Crippen molar-refractivity contribution in [3.63, 3.8) is 0 Å². The van der Waals surface area contributed by atoms with Crippen molar-refractivity contribution in [3.05, 3.63) is 29.0 Å². The van der Waals surface area contributed by atoms with Gasteiger partial charge in [0.15, 0.2) is 5.65 Å². The molecule has 0 aliphatic carbocycles. The van der Waals surface area contributed by atoms with Crippen LogP contribution in [0.25, 0.3) is 16.6 Å². The molecular formula is C15H19ClN6. The number of likely N-dealkylation sites (N-methyl/N-ethyl adjacent to an activating group) is 1. The Morgan fingerprint density at radius 2 is 2.05 bits per heavy atom. The monoisotopic (exact) mass is 318 g/mol. The number of rotatable bonds is 5. The molecule has 2 heterocycles. The van der Waals surface area contributed by atoms with E-state index in [1.54, 1.807) is 0 Å². The number of anilines is 1. The van der Waals surface area contributed by atoms with Crippen molar-refractivity contribution in [2.45, 2.75) is 19.8 Å². The summed E-state index contributed by atoms with van der Waals surface area (Å²) in [7, 11) is 1.92. The number of nitrogens with zero attached hydrogens (tertiary/aromatic N) is 4. The van der Waals surface area contributed by atoms with Crippen molar-refractivity contribution in [3.8, 4) is 0 Å². The Bertz CT molecular complexity index is 810. The number of benzene rings is 1. The molecule has 0 bridgehead atoms. The van der Waals surface area contributed by atoms with Crippen LogP contribution in [-0.2, 0) is 0 Å². The highest BCUT2D eigenvalue weighted by Gasteiger charge is 2.16. The highest BCUT2D eigenvalue weighted by atomic mass is 35.5. The van der Waals surface area contributed by atoms with E-state index in [-0.39, 0.29) is 5.92 Å². The maximum Gasteiger partial charge on any atom is 0.210 e. The van der Waals surface area contributed by atoms with Crippen molar-refractivity contribution in [1.29, 1.82) is 0 Å². The van der Waals surface area contributed by atoms with Crippen LogP contribution in [0.15, 0.2) is 18.2 Å². The molecule has 0 unspecified atom stereocenters. The largest absolute Gasteiger partial charge is 0.354 e. The van der Waals surface area contributed by atoms with Crippen LogP contribution in [0.2, 0.25) is 5.02 Å². The second kappa shape index (κ2) is 6.06. The van der Waals surface area contributed by atoms with Gasteiger partial charge in [-0.3, -0.25) is 0 Å². The van der Waals surface area contributed by atoms with Gasteiger partial charge in [0.25, 0.3) is 0 Å². The number of hydrogen-bond donors (Lipinski definition) is 2. The molecule has 7 heteroatoms. The Labute approximate surface area is 133 Å². The predicted octanol–water partition coefficient (Wildman–Crippen LogP) is 2.69. The second-order valence-electron chi connectivity index (χ2n) is 5.50. The average molecular weight is 319 g/mol. The number of fused-ring (bicyclic) bond motifs is 3. The summed E-state index contributed by atoms with van der Waals surface area (Å²) in [6.07, 6.45) is 0. The van der Waals surface area contributed by atoms with E-state index in [0.29, 0.717) is 5.02 Å². The Kier molecular flexibility index (Phi) is 4.13. The molecule has 22 heavy (non-hydrogen) atoms. The van der Waals surface area contributed by atoms with Gasteiger partial charge >= 0.3 is 0 Å². The molecule has 0 spiro atoms. The minimum Gasteiger partial charge on any atom is -0.354 e. The fourth-order valence-corrected chi connectivity index (χ4v) is 2.59. The van der Waals surface area contributed by atoms with Crippen molar-refractivity contribution >= 4 is 34.1 Å². The predicted molar refractivity (Wildman–Crippen MR) is 89.8 cm³/mol. The fourth-order valence-electron chi connectivity index (χ4n) is 2.42. The lowest BCUT2D eigenvalue weighted by Crippen LogP contribution is -2.20. The van der Waals surface area contributed by atoms with Crippen LogP contribution in [0.3, 0.4) is 0 Å². The number of nitrogens with one attached hydrogen (secondary N) is 2. The SMILES string of the molecule is CNCCNc1nc2cc(Cl)ccc2c2nnc(C(C)C)n12. The first-order chi connectivity index (χ1) is 10.6. The molecule has 116 valence electrons. The van der Waals surface area contributed by atoms with Crippen LogP contribution in [-0.4, -0.2) is 39.7 Å². The first kappa shape index (κ1) is 15.0. The first-order valence-corrected chi connectivity index (χ1v) is 7.72. The number of hydrogen-bond acceptors (Lipinski definition) is 5. The van der Waals surface area contributed by atoms with E-state index in [1.165, 1.54) is 0 Å². The van der Waals surface area contributed by atoms with Crippen LogP contribution in [0.1, 0.15) is 25.6 Å². The third-order valence-electron chi connectivity index (χ3n) is 3.50. The van der Waals surface area contributed by atoms with E-state index in [2.05, 4.69) is 34.7 Å². The van der Waals surface area contributed by atoms with E-state index < -0.39 is 0 Å². The summed E-state index contributed by atoms with van der Waals surface area (Å²) in [5, 5.41) is 16.8. The van der Waals surface area contributed by atoms with Gasteiger partial charge in [-0.1, -0.05) is 25.4 Å². The van der Waals surface area contributed by atoms with Gasteiger partial charge in [-0.15, -0.1) is 10.2 Å². The molecule has 3 rings (SSSR count). The first-order valence-electron chi connectivity index (χ1n) is 7.34. The highest BCUT2D eigenvalue weighted by Crippen LogP contribution is 2.26. The molecular weight excluding hydrogens is 300 g/mol. The Balaban J connectivity index is 2.24. The topological polar surface area (TPSA) is 67.1 Å². The van der Waals surface area contributed by atoms with Crippen LogP contribution in [0.4, 0.5) is 5.95 Å². The fraction of sp³-hybridized carbons (Fsp3) is 0.400. The molecule has 2 aromatic heterocycles. The van der Waals surface area contributed by atoms with Crippen molar-refractivity contribution in [2.24, 2.45) is 0 Å². The average Bonchev–Trinajstić information content (AvgIpc) is 2.92. The zero-order chi connectivity index (χ0) is 15.7. The third kappa shape index (κ3) is 2.60. The smallest absolute Gasteiger partial charge is 0.210 e. The minimum absolute atomic E-state index is 0.256. The molecule has 3 aromatic rings. The van der Waals surface area contributed by atoms with Crippen molar-refractivity contribution in [1.82, 2.24) is 24.9 Å². The lowest BCUT2D eigenvalue weighted by molar-refractivity contribution is 0.752. The van der Waals surface area contributed by atoms with Crippen LogP contribution in [0, 0.1) is 0 Å². The maximum absolute atomic E-state index is 6.09. The molecule has 2 N–H and O–H groups in total. The zero-order valence-corrected chi connectivity index (χ0v) is 13.6. The summed E-state index contributed by atoms with van der Waals surface area (Å²) in [6, 6.07) is 5.64. The molecule has 0 saturated heterocycles. The van der Waals surface area contributed by atoms with Gasteiger partial charge < -0.3 is 10.6 Å².